The third-order valence-corrected chi connectivity index (χ3v) is 6.88. The summed E-state index contributed by atoms with van der Waals surface area (Å²) in [5.41, 5.74) is 1.20. The summed E-state index contributed by atoms with van der Waals surface area (Å²) in [4.78, 5) is 2.59. The van der Waals surface area contributed by atoms with Gasteiger partial charge in [-0.15, -0.1) is 0 Å². The minimum atomic E-state index is 0.220. The number of nitrogens with zero attached hydrogens (tertiary/aromatic N) is 1. The van der Waals surface area contributed by atoms with Gasteiger partial charge in [-0.05, 0) is 49.9 Å². The highest BCUT2D eigenvalue weighted by atomic mass is 16.5. The Morgan fingerprint density at radius 2 is 1.86 bits per heavy atom. The van der Waals surface area contributed by atoms with E-state index in [9.17, 15) is 0 Å². The van der Waals surface area contributed by atoms with Crippen LogP contribution in [-0.4, -0.2) is 49.3 Å². The summed E-state index contributed by atoms with van der Waals surface area (Å²) >= 11 is 0. The van der Waals surface area contributed by atoms with Gasteiger partial charge in [-0.3, -0.25) is 4.90 Å². The van der Waals surface area contributed by atoms with Crippen LogP contribution in [0.5, 0.6) is 0 Å². The molecule has 0 amide bonds. The van der Waals surface area contributed by atoms with Gasteiger partial charge in [0.2, 0.25) is 0 Å². The molecule has 21 heavy (non-hydrogen) atoms. The molecule has 0 aromatic heterocycles. The number of nitrogens with one attached hydrogen (secondary N) is 1. The van der Waals surface area contributed by atoms with Crippen LogP contribution in [0, 0.1) is 16.7 Å². The fourth-order valence-electron chi connectivity index (χ4n) is 5.44. The Hall–Kier alpha value is -0.120. The van der Waals surface area contributed by atoms with Crippen LogP contribution >= 0.6 is 0 Å². The summed E-state index contributed by atoms with van der Waals surface area (Å²) < 4.78 is 5.50. The first-order valence-corrected chi connectivity index (χ1v) is 8.82. The van der Waals surface area contributed by atoms with Gasteiger partial charge < -0.3 is 10.1 Å². The molecule has 1 N–H and O–H groups in total. The molecule has 2 saturated carbocycles. The van der Waals surface area contributed by atoms with Crippen LogP contribution in [0.15, 0.2) is 0 Å². The second kappa shape index (κ2) is 5.21. The van der Waals surface area contributed by atoms with Crippen LogP contribution in [0.1, 0.15) is 53.9 Å². The quantitative estimate of drug-likeness (QED) is 0.863. The molecule has 3 nitrogen and oxygen atoms in total. The Balaban J connectivity index is 1.64. The molecular formula is C18H34N2O. The first-order chi connectivity index (χ1) is 9.76. The second-order valence-electron chi connectivity index (χ2n) is 9.14. The molecule has 3 atom stereocenters. The van der Waals surface area contributed by atoms with E-state index in [2.05, 4.69) is 44.8 Å². The average molecular weight is 294 g/mol. The van der Waals surface area contributed by atoms with Crippen molar-refractivity contribution < 1.29 is 4.74 Å². The maximum Gasteiger partial charge on any atom is 0.0594 e. The molecule has 2 bridgehead atoms. The van der Waals surface area contributed by atoms with Crippen LogP contribution in [0.2, 0.25) is 0 Å². The van der Waals surface area contributed by atoms with Crippen LogP contribution < -0.4 is 5.32 Å². The van der Waals surface area contributed by atoms with Gasteiger partial charge in [-0.25, -0.2) is 0 Å². The largest absolute Gasteiger partial charge is 0.379 e. The van der Waals surface area contributed by atoms with Gasteiger partial charge in [0.1, 0.15) is 0 Å². The summed E-state index contributed by atoms with van der Waals surface area (Å²) in [5, 5.41) is 4.00. The molecule has 0 aromatic carbocycles. The van der Waals surface area contributed by atoms with Crippen molar-refractivity contribution in [1.29, 1.82) is 0 Å². The molecule has 1 aliphatic heterocycles. The average Bonchev–Trinajstić information content (AvgIpc) is 2.90. The molecule has 3 heteroatoms. The predicted octanol–water partition coefficient (Wildman–Crippen LogP) is 2.90. The smallest absolute Gasteiger partial charge is 0.0594 e. The Labute approximate surface area is 130 Å². The SMILES string of the molecule is CC1(C)C(NCC(C)(C)N2CCOCC2)[C@]2(C)CC[C@H]1C2. The van der Waals surface area contributed by atoms with Crippen molar-refractivity contribution in [3.63, 3.8) is 0 Å². The minimum absolute atomic E-state index is 0.220. The zero-order valence-electron chi connectivity index (χ0n) is 14.7. The van der Waals surface area contributed by atoms with Gasteiger partial charge in [-0.2, -0.15) is 0 Å². The van der Waals surface area contributed by atoms with Crippen molar-refractivity contribution in [3.8, 4) is 0 Å². The van der Waals surface area contributed by atoms with Crippen molar-refractivity contribution in [2.24, 2.45) is 16.7 Å². The van der Waals surface area contributed by atoms with E-state index in [-0.39, 0.29) is 5.54 Å². The van der Waals surface area contributed by atoms with Crippen LogP contribution in [0.4, 0.5) is 0 Å². The lowest BCUT2D eigenvalue weighted by Crippen LogP contribution is -2.59. The molecule has 0 aromatic rings. The van der Waals surface area contributed by atoms with Gasteiger partial charge in [0, 0.05) is 31.2 Å². The first kappa shape index (κ1) is 15.8. The van der Waals surface area contributed by atoms with E-state index in [0.717, 1.165) is 38.8 Å². The Bertz CT molecular complexity index is 382. The topological polar surface area (TPSA) is 24.5 Å². The highest BCUT2D eigenvalue weighted by Crippen LogP contribution is 2.62. The molecule has 1 heterocycles. The zero-order valence-corrected chi connectivity index (χ0v) is 14.7. The third-order valence-electron chi connectivity index (χ3n) is 6.88. The van der Waals surface area contributed by atoms with E-state index >= 15 is 0 Å². The Kier molecular flexibility index (Phi) is 3.91. The van der Waals surface area contributed by atoms with E-state index in [1.165, 1.54) is 19.3 Å². The number of morpholine rings is 1. The predicted molar refractivity (Wildman–Crippen MR) is 87.5 cm³/mol. The van der Waals surface area contributed by atoms with E-state index in [4.69, 9.17) is 4.74 Å². The summed E-state index contributed by atoms with van der Waals surface area (Å²) in [7, 11) is 0. The monoisotopic (exact) mass is 294 g/mol. The lowest BCUT2D eigenvalue weighted by atomic mass is 9.68. The molecule has 0 spiro atoms. The van der Waals surface area contributed by atoms with Gasteiger partial charge >= 0.3 is 0 Å². The normalized spacial score (nSPS) is 39.9. The van der Waals surface area contributed by atoms with Crippen LogP contribution in [0.3, 0.4) is 0 Å². The summed E-state index contributed by atoms with van der Waals surface area (Å²) in [6.07, 6.45) is 4.28. The number of fused-ring (bicyclic) bond motifs is 2. The minimum Gasteiger partial charge on any atom is -0.379 e. The molecule has 3 rings (SSSR count). The number of rotatable bonds is 4. The van der Waals surface area contributed by atoms with E-state index in [1.807, 2.05) is 0 Å². The van der Waals surface area contributed by atoms with E-state index in [1.54, 1.807) is 0 Å². The fraction of sp³-hybridized carbons (Fsp3) is 1.00. The fourth-order valence-corrected chi connectivity index (χ4v) is 5.44. The molecule has 3 aliphatic rings. The molecule has 3 fully saturated rings. The van der Waals surface area contributed by atoms with E-state index < -0.39 is 0 Å². The molecule has 2 aliphatic carbocycles. The Morgan fingerprint density at radius 3 is 2.43 bits per heavy atom. The van der Waals surface area contributed by atoms with Crippen molar-refractivity contribution >= 4 is 0 Å². The standard InChI is InChI=1S/C18H34N2O/c1-16(2,20-8-10-21-11-9-20)13-19-15-17(3,4)14-6-7-18(15,5)12-14/h14-15,19H,6-13H2,1-5H3/t14-,15?,18+/m0/s1. The molecule has 122 valence electrons. The maximum absolute atomic E-state index is 5.50. The zero-order chi connectivity index (χ0) is 15.3. The van der Waals surface area contributed by atoms with Gasteiger partial charge in [0.05, 0.1) is 13.2 Å². The second-order valence-corrected chi connectivity index (χ2v) is 9.14. The van der Waals surface area contributed by atoms with E-state index in [0.29, 0.717) is 16.9 Å². The summed E-state index contributed by atoms with van der Waals surface area (Å²) in [6, 6.07) is 0.670. The maximum atomic E-state index is 5.50. The third kappa shape index (κ3) is 2.66. The van der Waals surface area contributed by atoms with Crippen molar-refractivity contribution in [2.75, 3.05) is 32.8 Å². The summed E-state index contributed by atoms with van der Waals surface area (Å²) in [5.74, 6) is 0.923. The van der Waals surface area contributed by atoms with Gasteiger partial charge in [0.15, 0.2) is 0 Å². The first-order valence-electron chi connectivity index (χ1n) is 8.82. The molecule has 0 radical (unpaired) electrons. The molecule has 1 unspecified atom stereocenters. The lowest BCUT2D eigenvalue weighted by molar-refractivity contribution is -0.0144. The number of ether oxygens (including phenoxy) is 1. The molecule has 1 saturated heterocycles. The lowest BCUT2D eigenvalue weighted by Gasteiger charge is -2.47. The van der Waals surface area contributed by atoms with Crippen molar-refractivity contribution in [3.05, 3.63) is 0 Å². The number of hydrogen-bond donors (Lipinski definition) is 1. The highest BCUT2D eigenvalue weighted by molar-refractivity contribution is 5.12. The highest BCUT2D eigenvalue weighted by Gasteiger charge is 2.59. The molecular weight excluding hydrogens is 260 g/mol. The van der Waals surface area contributed by atoms with Gasteiger partial charge in [0.25, 0.3) is 0 Å². The van der Waals surface area contributed by atoms with Crippen molar-refractivity contribution in [2.45, 2.75) is 65.5 Å². The summed E-state index contributed by atoms with van der Waals surface area (Å²) in [6.45, 7) is 17.3. The number of hydrogen-bond acceptors (Lipinski definition) is 3. The van der Waals surface area contributed by atoms with Crippen LogP contribution in [-0.2, 0) is 4.74 Å². The van der Waals surface area contributed by atoms with Crippen molar-refractivity contribution in [1.82, 2.24) is 10.2 Å². The van der Waals surface area contributed by atoms with Gasteiger partial charge in [-0.1, -0.05) is 20.8 Å². The van der Waals surface area contributed by atoms with Crippen LogP contribution in [0.25, 0.3) is 0 Å². The Morgan fingerprint density at radius 1 is 1.19 bits per heavy atom.